The molecule has 12 heteroatoms. The molecular weight excluding hydrogens is 366 g/mol. The molecule has 0 saturated carbocycles. The van der Waals surface area contributed by atoms with E-state index in [0.29, 0.717) is 11.4 Å². The van der Waals surface area contributed by atoms with Gasteiger partial charge in [-0.2, -0.15) is 9.67 Å². The van der Waals surface area contributed by atoms with Crippen molar-refractivity contribution in [2.45, 2.75) is 20.0 Å². The van der Waals surface area contributed by atoms with Gasteiger partial charge in [-0.3, -0.25) is 9.78 Å². The fourth-order valence-electron chi connectivity index (χ4n) is 2.07. The Kier molecular flexibility index (Phi) is 4.89. The Morgan fingerprint density at radius 2 is 2.27 bits per heavy atom. The first-order valence-corrected chi connectivity index (χ1v) is 7.71. The average Bonchev–Trinajstić information content (AvgIpc) is 3.21. The first-order valence-electron chi connectivity index (χ1n) is 7.33. The lowest BCUT2D eigenvalue weighted by Crippen LogP contribution is -2.23. The number of amides is 1. The van der Waals surface area contributed by atoms with Gasteiger partial charge in [-0.25, -0.2) is 0 Å². The third-order valence-corrected chi connectivity index (χ3v) is 3.84. The number of nitrogens with one attached hydrogen (secondary N) is 1. The van der Waals surface area contributed by atoms with Gasteiger partial charge >= 0.3 is 17.6 Å². The smallest absolute Gasteiger partial charge is 0.358 e. The van der Waals surface area contributed by atoms with Crippen molar-refractivity contribution in [3.63, 3.8) is 0 Å². The predicted molar refractivity (Wildman–Crippen MR) is 87.4 cm³/mol. The highest BCUT2D eigenvalue weighted by atomic mass is 35.5. The zero-order valence-corrected chi connectivity index (χ0v) is 14.2. The summed E-state index contributed by atoms with van der Waals surface area (Å²) in [6.45, 7) is 1.75. The van der Waals surface area contributed by atoms with E-state index in [4.69, 9.17) is 16.1 Å². The summed E-state index contributed by atoms with van der Waals surface area (Å²) >= 11 is 5.87. The molecular formula is C14H12ClN7O4. The van der Waals surface area contributed by atoms with Crippen LogP contribution in [-0.2, 0) is 13.1 Å². The number of nitro groups is 1. The maximum absolute atomic E-state index is 12.0. The average molecular weight is 378 g/mol. The van der Waals surface area contributed by atoms with Crippen molar-refractivity contribution in [2.75, 3.05) is 0 Å². The van der Waals surface area contributed by atoms with Crippen molar-refractivity contribution >= 4 is 23.3 Å². The van der Waals surface area contributed by atoms with Crippen LogP contribution >= 0.6 is 11.6 Å². The third kappa shape index (κ3) is 3.67. The number of aromatic nitrogens is 5. The van der Waals surface area contributed by atoms with Crippen LogP contribution in [0, 0.1) is 17.0 Å². The van der Waals surface area contributed by atoms with Crippen LogP contribution in [0.1, 0.15) is 27.9 Å². The minimum atomic E-state index is -0.682. The van der Waals surface area contributed by atoms with Crippen molar-refractivity contribution in [2.24, 2.45) is 0 Å². The normalized spacial score (nSPS) is 10.7. The molecule has 0 atom stereocenters. The molecule has 0 bridgehead atoms. The molecule has 3 aromatic rings. The summed E-state index contributed by atoms with van der Waals surface area (Å²) in [7, 11) is 0. The summed E-state index contributed by atoms with van der Waals surface area (Å²) in [4.78, 5) is 30.2. The third-order valence-electron chi connectivity index (χ3n) is 3.40. The minimum Gasteiger partial charge on any atom is -0.358 e. The number of halogens is 1. The van der Waals surface area contributed by atoms with Gasteiger partial charge in [0.15, 0.2) is 10.8 Å². The van der Waals surface area contributed by atoms with Gasteiger partial charge < -0.3 is 20.0 Å². The minimum absolute atomic E-state index is 0.0313. The Bertz CT molecular complexity index is 954. The molecule has 0 aliphatic heterocycles. The second-order valence-electron chi connectivity index (χ2n) is 5.16. The van der Waals surface area contributed by atoms with Crippen molar-refractivity contribution < 1.29 is 14.2 Å². The standard InChI is InChI=1S/C14H12ClN7O4/c1-8-11(15)12(22(24)25)19-21(8)7-10-18-14(26-20-10)13(23)17-6-9-4-2-3-5-16-9/h2-5H,6-7H2,1H3,(H,17,23). The molecule has 3 rings (SSSR count). The summed E-state index contributed by atoms with van der Waals surface area (Å²) in [5.74, 6) is -1.12. The van der Waals surface area contributed by atoms with Gasteiger partial charge in [-0.1, -0.05) is 22.8 Å². The Balaban J connectivity index is 1.67. The highest BCUT2D eigenvalue weighted by Gasteiger charge is 2.25. The van der Waals surface area contributed by atoms with Crippen LogP contribution in [0.25, 0.3) is 0 Å². The maximum atomic E-state index is 12.0. The molecule has 0 radical (unpaired) electrons. The Hall–Kier alpha value is -3.34. The van der Waals surface area contributed by atoms with Crippen LogP contribution in [0.3, 0.4) is 0 Å². The van der Waals surface area contributed by atoms with Gasteiger partial charge in [0.05, 0.1) is 23.0 Å². The molecule has 3 aromatic heterocycles. The number of pyridine rings is 1. The quantitative estimate of drug-likeness (QED) is 0.503. The van der Waals surface area contributed by atoms with Gasteiger partial charge in [0.2, 0.25) is 0 Å². The van der Waals surface area contributed by atoms with Crippen LogP contribution in [0.15, 0.2) is 28.9 Å². The van der Waals surface area contributed by atoms with E-state index < -0.39 is 16.6 Å². The molecule has 0 fully saturated rings. The summed E-state index contributed by atoms with van der Waals surface area (Å²) in [5.41, 5.74) is 1.05. The van der Waals surface area contributed by atoms with Crippen molar-refractivity contribution in [1.82, 2.24) is 30.2 Å². The predicted octanol–water partition coefficient (Wildman–Crippen LogP) is 1.51. The first kappa shape index (κ1) is 17.5. The summed E-state index contributed by atoms with van der Waals surface area (Å²) in [6.07, 6.45) is 1.61. The lowest BCUT2D eigenvalue weighted by atomic mass is 10.3. The van der Waals surface area contributed by atoms with Crippen molar-refractivity contribution in [3.05, 3.63) is 62.6 Å². The Labute approximate surface area is 151 Å². The van der Waals surface area contributed by atoms with E-state index in [1.54, 1.807) is 31.3 Å². The SMILES string of the molecule is Cc1c(Cl)c([N+](=O)[O-])nn1Cc1noc(C(=O)NCc2ccccn2)n1. The highest BCUT2D eigenvalue weighted by Crippen LogP contribution is 2.26. The van der Waals surface area contributed by atoms with Gasteiger partial charge in [-0.15, -0.1) is 0 Å². The number of hydrogen-bond acceptors (Lipinski definition) is 8. The van der Waals surface area contributed by atoms with Gasteiger partial charge in [0, 0.05) is 6.20 Å². The van der Waals surface area contributed by atoms with Crippen molar-refractivity contribution in [1.29, 1.82) is 0 Å². The van der Waals surface area contributed by atoms with Crippen LogP contribution in [0.5, 0.6) is 0 Å². The van der Waals surface area contributed by atoms with E-state index >= 15 is 0 Å². The first-order chi connectivity index (χ1) is 12.5. The lowest BCUT2D eigenvalue weighted by Gasteiger charge is -2.00. The van der Waals surface area contributed by atoms with Gasteiger partial charge in [-0.05, 0) is 24.0 Å². The number of carbonyl (C=O) groups is 1. The van der Waals surface area contributed by atoms with Crippen molar-refractivity contribution in [3.8, 4) is 0 Å². The fourth-order valence-corrected chi connectivity index (χ4v) is 2.28. The molecule has 26 heavy (non-hydrogen) atoms. The van der Waals surface area contributed by atoms with E-state index in [9.17, 15) is 14.9 Å². The number of rotatable bonds is 6. The molecule has 1 N–H and O–H groups in total. The van der Waals surface area contributed by atoms with Gasteiger partial charge in [0.25, 0.3) is 0 Å². The van der Waals surface area contributed by atoms with E-state index in [2.05, 4.69) is 25.5 Å². The maximum Gasteiger partial charge on any atom is 0.408 e. The molecule has 134 valence electrons. The monoisotopic (exact) mass is 377 g/mol. The fraction of sp³-hybridized carbons (Fsp3) is 0.214. The largest absolute Gasteiger partial charge is 0.408 e. The van der Waals surface area contributed by atoms with Crippen LogP contribution in [-0.4, -0.2) is 35.7 Å². The Morgan fingerprint density at radius 3 is 2.92 bits per heavy atom. The van der Waals surface area contributed by atoms with Crippen LogP contribution in [0.2, 0.25) is 5.02 Å². The van der Waals surface area contributed by atoms with E-state index in [0.717, 1.165) is 0 Å². The molecule has 0 saturated heterocycles. The molecule has 0 aromatic carbocycles. The summed E-state index contributed by atoms with van der Waals surface area (Å²) in [5, 5.41) is 20.9. The zero-order valence-electron chi connectivity index (χ0n) is 13.4. The molecule has 1 amide bonds. The number of nitrogens with zero attached hydrogens (tertiary/aromatic N) is 6. The molecule has 0 aliphatic carbocycles. The topological polar surface area (TPSA) is 142 Å². The second kappa shape index (κ2) is 7.27. The van der Waals surface area contributed by atoms with Crippen LogP contribution in [0.4, 0.5) is 5.82 Å². The summed E-state index contributed by atoms with van der Waals surface area (Å²) in [6, 6.07) is 5.33. The molecule has 0 aliphatic rings. The van der Waals surface area contributed by atoms with Gasteiger partial charge in [0.1, 0.15) is 6.54 Å². The van der Waals surface area contributed by atoms with E-state index in [1.165, 1.54) is 4.68 Å². The second-order valence-corrected chi connectivity index (χ2v) is 5.54. The molecule has 0 spiro atoms. The van der Waals surface area contributed by atoms with E-state index in [-0.39, 0.29) is 29.8 Å². The highest BCUT2D eigenvalue weighted by molar-refractivity contribution is 6.33. The number of hydrogen-bond donors (Lipinski definition) is 1. The van der Waals surface area contributed by atoms with Crippen LogP contribution < -0.4 is 5.32 Å². The summed E-state index contributed by atoms with van der Waals surface area (Å²) < 4.78 is 6.17. The Morgan fingerprint density at radius 1 is 1.46 bits per heavy atom. The molecule has 11 nitrogen and oxygen atoms in total. The zero-order chi connectivity index (χ0) is 18.7. The molecule has 0 unspecified atom stereocenters. The van der Waals surface area contributed by atoms with E-state index in [1.807, 2.05) is 0 Å². The number of carbonyl (C=O) groups excluding carboxylic acids is 1. The lowest BCUT2D eigenvalue weighted by molar-refractivity contribution is -0.389. The molecule has 3 heterocycles.